The van der Waals surface area contributed by atoms with Gasteiger partial charge in [0, 0.05) is 49.2 Å². The Morgan fingerprint density at radius 3 is 2.76 bits per heavy atom. The van der Waals surface area contributed by atoms with E-state index in [-0.39, 0.29) is 18.1 Å². The zero-order chi connectivity index (χ0) is 24.2. The highest BCUT2D eigenvalue weighted by molar-refractivity contribution is 5.85. The van der Waals surface area contributed by atoms with E-state index >= 15 is 0 Å². The molecule has 2 fully saturated rings. The number of nitrogens with zero attached hydrogens (tertiary/aromatic N) is 2. The van der Waals surface area contributed by atoms with Gasteiger partial charge in [0.15, 0.2) is 0 Å². The molecular formula is C27H38N2O5. The molecule has 1 aromatic heterocycles. The van der Waals surface area contributed by atoms with E-state index in [0.29, 0.717) is 48.2 Å². The number of carbonyl (C=O) groups is 1. The Bertz CT molecular complexity index is 1080. The van der Waals surface area contributed by atoms with Crippen molar-refractivity contribution >= 4 is 16.9 Å². The highest BCUT2D eigenvalue weighted by Gasteiger charge is 2.34. The summed E-state index contributed by atoms with van der Waals surface area (Å²) in [5.41, 5.74) is 1.88. The maximum Gasteiger partial charge on any atom is 0.339 e. The average molecular weight is 471 g/mol. The number of hydrogen-bond acceptors (Lipinski definition) is 6. The summed E-state index contributed by atoms with van der Waals surface area (Å²) >= 11 is 0. The van der Waals surface area contributed by atoms with Crippen LogP contribution in [0.15, 0.2) is 21.3 Å². The maximum absolute atomic E-state index is 13.3. The maximum atomic E-state index is 13.3. The van der Waals surface area contributed by atoms with Crippen molar-refractivity contribution in [1.82, 2.24) is 9.80 Å². The van der Waals surface area contributed by atoms with Gasteiger partial charge in [-0.15, -0.1) is 0 Å². The second kappa shape index (κ2) is 10.9. The van der Waals surface area contributed by atoms with Gasteiger partial charge in [-0.05, 0) is 82.7 Å². The van der Waals surface area contributed by atoms with E-state index in [4.69, 9.17) is 9.15 Å². The summed E-state index contributed by atoms with van der Waals surface area (Å²) in [6, 6.07) is 3.96. The van der Waals surface area contributed by atoms with Crippen LogP contribution in [-0.2, 0) is 16.0 Å². The number of aryl methyl sites for hydroxylation is 2. The first-order chi connectivity index (χ1) is 16.4. The Hall–Kier alpha value is -2.38. The lowest BCUT2D eigenvalue weighted by Gasteiger charge is -2.45. The molecule has 0 radical (unpaired) electrons. The van der Waals surface area contributed by atoms with Gasteiger partial charge >= 0.3 is 5.63 Å². The fourth-order valence-corrected chi connectivity index (χ4v) is 5.85. The molecule has 2 aliphatic heterocycles. The van der Waals surface area contributed by atoms with Crippen LogP contribution in [0.25, 0.3) is 11.0 Å². The largest absolute Gasteiger partial charge is 0.508 e. The molecule has 2 saturated heterocycles. The topological polar surface area (TPSA) is 83.2 Å². The second-order valence-corrected chi connectivity index (χ2v) is 9.91. The van der Waals surface area contributed by atoms with Crippen molar-refractivity contribution < 1.29 is 19.1 Å². The van der Waals surface area contributed by atoms with Crippen LogP contribution in [0, 0.1) is 19.8 Å². The molecule has 0 saturated carbocycles. The van der Waals surface area contributed by atoms with E-state index < -0.39 is 5.63 Å². The molecule has 7 nitrogen and oxygen atoms in total. The van der Waals surface area contributed by atoms with Gasteiger partial charge in [0.2, 0.25) is 5.91 Å². The Balaban J connectivity index is 1.48. The van der Waals surface area contributed by atoms with Crippen molar-refractivity contribution in [2.24, 2.45) is 5.92 Å². The van der Waals surface area contributed by atoms with Crippen molar-refractivity contribution in [1.29, 1.82) is 0 Å². The number of phenolic OH excluding ortho intramolecular Hbond substituents is 1. The number of methoxy groups -OCH3 is 1. The Kier molecular flexibility index (Phi) is 7.94. The summed E-state index contributed by atoms with van der Waals surface area (Å²) < 4.78 is 10.9. The van der Waals surface area contributed by atoms with Gasteiger partial charge in [0.25, 0.3) is 0 Å². The number of hydrogen-bond donors (Lipinski definition) is 1. The fraction of sp³-hybridized carbons (Fsp3) is 0.630. The number of fused-ring (bicyclic) bond motifs is 2. The molecule has 34 heavy (non-hydrogen) atoms. The molecule has 0 unspecified atom stereocenters. The molecule has 1 N–H and O–H groups in total. The third kappa shape index (κ3) is 5.15. The Morgan fingerprint density at radius 2 is 1.97 bits per heavy atom. The second-order valence-electron chi connectivity index (χ2n) is 9.91. The smallest absolute Gasteiger partial charge is 0.339 e. The van der Waals surface area contributed by atoms with E-state index in [1.54, 1.807) is 26.2 Å². The summed E-state index contributed by atoms with van der Waals surface area (Å²) in [4.78, 5) is 30.7. The van der Waals surface area contributed by atoms with E-state index in [9.17, 15) is 14.7 Å². The van der Waals surface area contributed by atoms with E-state index in [1.807, 2.05) is 11.8 Å². The zero-order valence-electron chi connectivity index (χ0n) is 20.8. The van der Waals surface area contributed by atoms with E-state index in [0.717, 1.165) is 23.9 Å². The number of benzene rings is 1. The van der Waals surface area contributed by atoms with Crippen LogP contribution in [0.1, 0.15) is 55.2 Å². The molecule has 1 aromatic carbocycles. The third-order valence-electron chi connectivity index (χ3n) is 7.87. The Labute approximate surface area is 201 Å². The minimum Gasteiger partial charge on any atom is -0.508 e. The number of rotatable bonds is 8. The van der Waals surface area contributed by atoms with Gasteiger partial charge < -0.3 is 24.1 Å². The van der Waals surface area contributed by atoms with Crippen molar-refractivity contribution in [3.05, 3.63) is 39.2 Å². The van der Waals surface area contributed by atoms with Gasteiger partial charge in [0.1, 0.15) is 11.3 Å². The molecule has 1 amide bonds. The van der Waals surface area contributed by atoms with Crippen LogP contribution in [0.5, 0.6) is 5.75 Å². The van der Waals surface area contributed by atoms with Crippen molar-refractivity contribution in [3.8, 4) is 5.75 Å². The van der Waals surface area contributed by atoms with Gasteiger partial charge in [-0.1, -0.05) is 6.42 Å². The monoisotopic (exact) mass is 470 g/mol. The molecule has 7 heteroatoms. The Morgan fingerprint density at radius 1 is 1.18 bits per heavy atom. The van der Waals surface area contributed by atoms with Crippen LogP contribution in [0.3, 0.4) is 0 Å². The summed E-state index contributed by atoms with van der Waals surface area (Å²) in [5, 5.41) is 10.8. The molecule has 0 bridgehead atoms. The normalized spacial score (nSPS) is 20.9. The van der Waals surface area contributed by atoms with Crippen LogP contribution in [-0.4, -0.2) is 66.8 Å². The van der Waals surface area contributed by atoms with Crippen molar-refractivity contribution in [2.45, 2.75) is 64.8 Å². The molecular weight excluding hydrogens is 432 g/mol. The number of aromatic hydroxyl groups is 1. The van der Waals surface area contributed by atoms with Gasteiger partial charge in [-0.3, -0.25) is 4.79 Å². The van der Waals surface area contributed by atoms with E-state index in [2.05, 4.69) is 4.90 Å². The van der Waals surface area contributed by atoms with Gasteiger partial charge in [-0.25, -0.2) is 4.79 Å². The minimum absolute atomic E-state index is 0.0609. The quantitative estimate of drug-likeness (QED) is 0.591. The highest BCUT2D eigenvalue weighted by Crippen LogP contribution is 2.32. The number of piperidine rings is 2. The van der Waals surface area contributed by atoms with Crippen LogP contribution < -0.4 is 5.63 Å². The lowest BCUT2D eigenvalue weighted by Crippen LogP contribution is -2.52. The predicted molar refractivity (Wildman–Crippen MR) is 132 cm³/mol. The highest BCUT2D eigenvalue weighted by atomic mass is 16.5. The molecule has 0 spiro atoms. The minimum atomic E-state index is -0.430. The van der Waals surface area contributed by atoms with Crippen LogP contribution >= 0.6 is 0 Å². The number of phenols is 1. The van der Waals surface area contributed by atoms with Crippen molar-refractivity contribution in [2.75, 3.05) is 39.9 Å². The summed E-state index contributed by atoms with van der Waals surface area (Å²) in [6.45, 7) is 7.82. The first-order valence-electron chi connectivity index (χ1n) is 12.7. The molecule has 0 aliphatic carbocycles. The van der Waals surface area contributed by atoms with Gasteiger partial charge in [0.05, 0.1) is 6.61 Å². The number of carbonyl (C=O) groups excluding carboxylic acids is 1. The standard InChI is InChI=1S/C27H38N2O5/c1-18-21-9-11-24(30)19(2)26(21)34-27(32)22(18)10-12-25(31)29(15-16-33-3)17-20-7-6-14-28-13-5-4-8-23(20)28/h9,11,20,23,30H,4-8,10,12-17H2,1-3H3/t20-,23-/m1/s1. The zero-order valence-corrected chi connectivity index (χ0v) is 20.8. The molecule has 2 aliphatic rings. The van der Waals surface area contributed by atoms with Crippen molar-refractivity contribution in [3.63, 3.8) is 0 Å². The first-order valence-corrected chi connectivity index (χ1v) is 12.7. The SMILES string of the molecule is COCCN(C[C@H]1CCCN2CCCC[C@H]12)C(=O)CCc1c(C)c2ccc(O)c(C)c2oc1=O. The molecule has 186 valence electrons. The van der Waals surface area contributed by atoms with Gasteiger partial charge in [-0.2, -0.15) is 0 Å². The summed E-state index contributed by atoms with van der Waals surface area (Å²) in [7, 11) is 1.66. The third-order valence-corrected chi connectivity index (χ3v) is 7.87. The summed E-state index contributed by atoms with van der Waals surface area (Å²) in [6.07, 6.45) is 6.74. The number of amides is 1. The fourth-order valence-electron chi connectivity index (χ4n) is 5.85. The average Bonchev–Trinajstić information content (AvgIpc) is 2.84. The molecule has 4 rings (SSSR count). The summed E-state index contributed by atoms with van der Waals surface area (Å²) in [5.74, 6) is 0.662. The lowest BCUT2D eigenvalue weighted by atomic mass is 9.83. The first kappa shape index (κ1) is 24.7. The molecule has 2 aromatic rings. The predicted octanol–water partition coefficient (Wildman–Crippen LogP) is 3.79. The van der Waals surface area contributed by atoms with Crippen LogP contribution in [0.2, 0.25) is 0 Å². The molecule has 2 atom stereocenters. The lowest BCUT2D eigenvalue weighted by molar-refractivity contribution is -0.133. The van der Waals surface area contributed by atoms with E-state index in [1.165, 1.54) is 38.8 Å². The number of ether oxygens (including phenoxy) is 1. The van der Waals surface area contributed by atoms with Crippen LogP contribution in [0.4, 0.5) is 0 Å². The molecule has 3 heterocycles.